The van der Waals surface area contributed by atoms with E-state index in [0.29, 0.717) is 37.5 Å². The Labute approximate surface area is 154 Å². The van der Waals surface area contributed by atoms with Crippen LogP contribution in [0.4, 0.5) is 0 Å². The molecule has 144 valence electrons. The molecule has 1 aromatic carbocycles. The summed E-state index contributed by atoms with van der Waals surface area (Å²) in [5.74, 6) is -0.851. The maximum absolute atomic E-state index is 12.6. The molecule has 0 heterocycles. The number of carbonyl (C=O) groups excluding carboxylic acids is 1. The lowest BCUT2D eigenvalue weighted by molar-refractivity contribution is -0.148. The largest absolute Gasteiger partial charge is 0.493 e. The molecule has 1 amide bonds. The van der Waals surface area contributed by atoms with Crippen molar-refractivity contribution in [2.45, 2.75) is 52.0 Å². The first kappa shape index (κ1) is 20.1. The van der Waals surface area contributed by atoms with E-state index < -0.39 is 17.8 Å². The molecule has 0 aromatic heterocycles. The molecule has 6 nitrogen and oxygen atoms in total. The number of rotatable bonds is 9. The van der Waals surface area contributed by atoms with Gasteiger partial charge in [-0.25, -0.2) is 0 Å². The molecule has 2 unspecified atom stereocenters. The zero-order chi connectivity index (χ0) is 18.9. The topological polar surface area (TPSA) is 84.9 Å². The van der Waals surface area contributed by atoms with Gasteiger partial charge in [-0.15, -0.1) is 0 Å². The molecule has 0 saturated heterocycles. The van der Waals surface area contributed by atoms with Crippen molar-refractivity contribution in [2.75, 3.05) is 13.7 Å². The number of ether oxygens (including phenoxy) is 2. The third-order valence-electron chi connectivity index (χ3n) is 4.90. The molecule has 0 spiro atoms. The molecule has 26 heavy (non-hydrogen) atoms. The second-order valence-electron chi connectivity index (χ2n) is 6.70. The molecule has 2 N–H and O–H groups in total. The number of carbonyl (C=O) groups is 2. The molecule has 6 heteroatoms. The first-order valence-electron chi connectivity index (χ1n) is 9.37. The summed E-state index contributed by atoms with van der Waals surface area (Å²) < 4.78 is 11.2. The highest BCUT2D eigenvalue weighted by atomic mass is 16.5. The number of hydrogen-bond acceptors (Lipinski definition) is 4. The van der Waals surface area contributed by atoms with Crippen molar-refractivity contribution in [3.8, 4) is 11.5 Å². The molecule has 1 aromatic rings. The van der Waals surface area contributed by atoms with E-state index in [1.54, 1.807) is 7.11 Å². The van der Waals surface area contributed by atoms with Gasteiger partial charge < -0.3 is 19.9 Å². The van der Waals surface area contributed by atoms with Gasteiger partial charge in [0.1, 0.15) is 0 Å². The number of para-hydroxylation sites is 1. The first-order valence-corrected chi connectivity index (χ1v) is 9.37. The number of unbranched alkanes of at least 4 members (excludes halogenated alkanes) is 1. The number of nitrogens with one attached hydrogen (secondary N) is 1. The molecule has 1 saturated carbocycles. The minimum Gasteiger partial charge on any atom is -0.493 e. The molecule has 1 aliphatic carbocycles. The lowest BCUT2D eigenvalue weighted by Gasteiger charge is -2.27. The summed E-state index contributed by atoms with van der Waals surface area (Å²) in [7, 11) is 1.59. The van der Waals surface area contributed by atoms with Crippen LogP contribution in [0.1, 0.15) is 51.0 Å². The van der Waals surface area contributed by atoms with E-state index in [-0.39, 0.29) is 5.91 Å². The zero-order valence-electron chi connectivity index (χ0n) is 15.6. The average Bonchev–Trinajstić information content (AvgIpc) is 2.66. The maximum Gasteiger partial charge on any atom is 0.307 e. The van der Waals surface area contributed by atoms with Crippen LogP contribution in [0.5, 0.6) is 11.5 Å². The number of benzene rings is 1. The van der Waals surface area contributed by atoms with Gasteiger partial charge >= 0.3 is 5.97 Å². The molecular weight excluding hydrogens is 334 g/mol. The minimum atomic E-state index is -0.880. The SMILES string of the molecule is CCCCOc1c(CNC(=O)C2CCCCC2C(=O)O)cccc1OC. The van der Waals surface area contributed by atoms with Gasteiger partial charge in [-0.05, 0) is 25.3 Å². The number of aliphatic carboxylic acids is 1. The Kier molecular flexibility index (Phi) is 7.75. The van der Waals surface area contributed by atoms with Crippen LogP contribution in [-0.4, -0.2) is 30.7 Å². The molecule has 1 fully saturated rings. The summed E-state index contributed by atoms with van der Waals surface area (Å²) in [6, 6.07) is 5.57. The number of methoxy groups -OCH3 is 1. The van der Waals surface area contributed by atoms with Gasteiger partial charge in [-0.2, -0.15) is 0 Å². The van der Waals surface area contributed by atoms with E-state index in [0.717, 1.165) is 31.2 Å². The van der Waals surface area contributed by atoms with E-state index in [2.05, 4.69) is 12.2 Å². The molecule has 2 atom stereocenters. The second kappa shape index (κ2) is 10.0. The lowest BCUT2D eigenvalue weighted by Crippen LogP contribution is -2.39. The van der Waals surface area contributed by atoms with Crippen molar-refractivity contribution in [3.63, 3.8) is 0 Å². The van der Waals surface area contributed by atoms with Crippen LogP contribution in [0.25, 0.3) is 0 Å². The van der Waals surface area contributed by atoms with Gasteiger partial charge in [-0.3, -0.25) is 9.59 Å². The summed E-state index contributed by atoms with van der Waals surface area (Å²) in [4.78, 5) is 24.0. The highest BCUT2D eigenvalue weighted by Crippen LogP contribution is 2.33. The van der Waals surface area contributed by atoms with Crippen LogP contribution < -0.4 is 14.8 Å². The van der Waals surface area contributed by atoms with E-state index >= 15 is 0 Å². The van der Waals surface area contributed by atoms with E-state index in [4.69, 9.17) is 9.47 Å². The van der Waals surface area contributed by atoms with E-state index in [1.807, 2.05) is 18.2 Å². The van der Waals surface area contributed by atoms with Crippen LogP contribution in [0.3, 0.4) is 0 Å². The molecule has 2 rings (SSSR count). The molecule has 0 aliphatic heterocycles. The van der Waals surface area contributed by atoms with Gasteiger partial charge in [0.25, 0.3) is 0 Å². The van der Waals surface area contributed by atoms with Crippen LogP contribution in [0, 0.1) is 11.8 Å². The van der Waals surface area contributed by atoms with Crippen LogP contribution in [0.15, 0.2) is 18.2 Å². The predicted octanol–water partition coefficient (Wildman–Crippen LogP) is 3.38. The van der Waals surface area contributed by atoms with E-state index in [9.17, 15) is 14.7 Å². The first-order chi connectivity index (χ1) is 12.6. The summed E-state index contributed by atoms with van der Waals surface area (Å²) in [5.41, 5.74) is 0.830. The maximum atomic E-state index is 12.6. The van der Waals surface area contributed by atoms with Crippen molar-refractivity contribution < 1.29 is 24.2 Å². The van der Waals surface area contributed by atoms with Crippen LogP contribution in [-0.2, 0) is 16.1 Å². The Morgan fingerprint density at radius 1 is 1.23 bits per heavy atom. The van der Waals surface area contributed by atoms with Crippen LogP contribution >= 0.6 is 0 Å². The number of amides is 1. The Balaban J connectivity index is 2.05. The summed E-state index contributed by atoms with van der Waals surface area (Å²) in [5, 5.41) is 12.3. The monoisotopic (exact) mass is 363 g/mol. The highest BCUT2D eigenvalue weighted by molar-refractivity contribution is 5.84. The normalized spacial score (nSPS) is 19.6. The molecule has 0 radical (unpaired) electrons. The van der Waals surface area contributed by atoms with Gasteiger partial charge in [0.2, 0.25) is 5.91 Å². The third-order valence-corrected chi connectivity index (χ3v) is 4.90. The Bertz CT molecular complexity index is 616. The van der Waals surface area contributed by atoms with Crippen molar-refractivity contribution in [1.29, 1.82) is 0 Å². The molecule has 1 aliphatic rings. The molecular formula is C20H29NO5. The van der Waals surface area contributed by atoms with Gasteiger partial charge in [0.05, 0.1) is 25.6 Å². The van der Waals surface area contributed by atoms with Crippen molar-refractivity contribution >= 4 is 11.9 Å². The standard InChI is InChI=1S/C20H29NO5/c1-3-4-12-26-18-14(8-7-11-17(18)25-2)13-21-19(22)15-9-5-6-10-16(15)20(23)24/h7-8,11,15-16H,3-6,9-10,12-13H2,1-2H3,(H,21,22)(H,23,24). The fourth-order valence-corrected chi connectivity index (χ4v) is 3.40. The van der Waals surface area contributed by atoms with E-state index in [1.165, 1.54) is 0 Å². The smallest absolute Gasteiger partial charge is 0.307 e. The Hall–Kier alpha value is -2.24. The lowest BCUT2D eigenvalue weighted by atomic mass is 9.78. The Morgan fingerprint density at radius 3 is 2.62 bits per heavy atom. The highest BCUT2D eigenvalue weighted by Gasteiger charge is 2.35. The average molecular weight is 363 g/mol. The fraction of sp³-hybridized carbons (Fsp3) is 0.600. The summed E-state index contributed by atoms with van der Waals surface area (Å²) in [6.07, 6.45) is 4.92. The summed E-state index contributed by atoms with van der Waals surface area (Å²) >= 11 is 0. The molecule has 0 bridgehead atoms. The summed E-state index contributed by atoms with van der Waals surface area (Å²) in [6.45, 7) is 2.97. The zero-order valence-corrected chi connectivity index (χ0v) is 15.6. The Morgan fingerprint density at radius 2 is 1.96 bits per heavy atom. The van der Waals surface area contributed by atoms with Crippen molar-refractivity contribution in [2.24, 2.45) is 11.8 Å². The number of carboxylic acids is 1. The van der Waals surface area contributed by atoms with Gasteiger partial charge in [0.15, 0.2) is 11.5 Å². The van der Waals surface area contributed by atoms with Crippen molar-refractivity contribution in [1.82, 2.24) is 5.32 Å². The van der Waals surface area contributed by atoms with Gasteiger partial charge in [0, 0.05) is 12.1 Å². The van der Waals surface area contributed by atoms with Gasteiger partial charge in [-0.1, -0.05) is 38.3 Å². The van der Waals surface area contributed by atoms with Crippen LogP contribution in [0.2, 0.25) is 0 Å². The number of hydrogen-bond donors (Lipinski definition) is 2. The third kappa shape index (κ3) is 5.13. The number of carboxylic acid groups (broad SMARTS) is 1. The predicted molar refractivity (Wildman–Crippen MR) is 98.3 cm³/mol. The quantitative estimate of drug-likeness (QED) is 0.657. The fourth-order valence-electron chi connectivity index (χ4n) is 3.40. The minimum absolute atomic E-state index is 0.195. The van der Waals surface area contributed by atoms with Crippen molar-refractivity contribution in [3.05, 3.63) is 23.8 Å². The second-order valence-corrected chi connectivity index (χ2v) is 6.70.